The summed E-state index contributed by atoms with van der Waals surface area (Å²) < 4.78 is 0. The number of carbonyl (C=O) groups excluding carboxylic acids is 3. The number of imide groups is 1. The molecule has 1 unspecified atom stereocenters. The zero-order valence-corrected chi connectivity index (χ0v) is 20.2. The van der Waals surface area contributed by atoms with Crippen LogP contribution in [-0.2, 0) is 14.4 Å². The quantitative estimate of drug-likeness (QED) is 0.422. The van der Waals surface area contributed by atoms with Crippen LogP contribution in [0.4, 0.5) is 11.4 Å². The summed E-state index contributed by atoms with van der Waals surface area (Å²) in [4.78, 5) is 40.7. The van der Waals surface area contributed by atoms with Gasteiger partial charge in [-0.25, -0.2) is 0 Å². The molecule has 1 aromatic rings. The molecule has 4 rings (SSSR count). The molecular formula is C26H37N5O3. The smallest absolute Gasteiger partial charge is 0.235 e. The molecule has 34 heavy (non-hydrogen) atoms. The summed E-state index contributed by atoms with van der Waals surface area (Å²) in [6, 6.07) is 5.88. The second-order valence-corrected chi connectivity index (χ2v) is 9.81. The first-order valence-corrected chi connectivity index (χ1v) is 12.7. The minimum Gasteiger partial charge on any atom is -0.388 e. The number of piperazine rings is 1. The van der Waals surface area contributed by atoms with Gasteiger partial charge in [-0.05, 0) is 37.0 Å². The van der Waals surface area contributed by atoms with Crippen LogP contribution in [0, 0.1) is 17.2 Å². The van der Waals surface area contributed by atoms with Crippen LogP contribution in [0.5, 0.6) is 0 Å². The molecule has 1 aliphatic carbocycles. The standard InChI is InChI=1S/C26H37N5O3/c1-28-22-17-19(8-9-20(22)25(27)21-10-11-23(32)29-26(21)34)30-13-15-31(16-14-30)24(33)12-7-18-5-3-2-4-6-18/h8-9,17-18,21,27-28H,2-7,10-16H2,1H3,(H,29,32,34). The number of nitrogens with one attached hydrogen (secondary N) is 3. The van der Waals surface area contributed by atoms with Crippen LogP contribution >= 0.6 is 0 Å². The van der Waals surface area contributed by atoms with Crippen molar-refractivity contribution in [3.8, 4) is 0 Å². The van der Waals surface area contributed by atoms with Crippen molar-refractivity contribution >= 4 is 34.8 Å². The first-order valence-electron chi connectivity index (χ1n) is 12.7. The monoisotopic (exact) mass is 467 g/mol. The van der Waals surface area contributed by atoms with E-state index in [1.165, 1.54) is 32.1 Å². The Balaban J connectivity index is 1.33. The fourth-order valence-corrected chi connectivity index (χ4v) is 5.50. The zero-order valence-electron chi connectivity index (χ0n) is 20.2. The molecule has 3 amide bonds. The predicted octanol–water partition coefficient (Wildman–Crippen LogP) is 3.16. The van der Waals surface area contributed by atoms with Crippen molar-refractivity contribution in [1.82, 2.24) is 10.2 Å². The molecule has 184 valence electrons. The van der Waals surface area contributed by atoms with Gasteiger partial charge < -0.3 is 20.5 Å². The van der Waals surface area contributed by atoms with E-state index in [1.54, 1.807) is 0 Å². The lowest BCUT2D eigenvalue weighted by Crippen LogP contribution is -2.48. The molecule has 3 fully saturated rings. The lowest BCUT2D eigenvalue weighted by Gasteiger charge is -2.37. The van der Waals surface area contributed by atoms with E-state index in [2.05, 4.69) is 15.5 Å². The van der Waals surface area contributed by atoms with E-state index in [0.29, 0.717) is 18.4 Å². The van der Waals surface area contributed by atoms with Crippen molar-refractivity contribution in [3.63, 3.8) is 0 Å². The minimum atomic E-state index is -0.612. The van der Waals surface area contributed by atoms with Crippen molar-refractivity contribution in [2.75, 3.05) is 43.4 Å². The topological polar surface area (TPSA) is 106 Å². The summed E-state index contributed by atoms with van der Waals surface area (Å²) in [5, 5.41) is 14.1. The predicted molar refractivity (Wildman–Crippen MR) is 133 cm³/mol. The molecule has 2 saturated heterocycles. The van der Waals surface area contributed by atoms with Crippen LogP contribution in [-0.4, -0.2) is 61.6 Å². The number of hydrogen-bond acceptors (Lipinski definition) is 6. The normalized spacial score (nSPS) is 21.9. The van der Waals surface area contributed by atoms with E-state index in [4.69, 9.17) is 5.41 Å². The van der Waals surface area contributed by atoms with Crippen molar-refractivity contribution in [2.24, 2.45) is 11.8 Å². The first kappa shape index (κ1) is 24.2. The molecule has 0 spiro atoms. The third-order valence-corrected chi connectivity index (χ3v) is 7.64. The van der Waals surface area contributed by atoms with Gasteiger partial charge in [0.1, 0.15) is 0 Å². The fraction of sp³-hybridized carbons (Fsp3) is 0.615. The van der Waals surface area contributed by atoms with E-state index in [1.807, 2.05) is 30.1 Å². The molecule has 8 heteroatoms. The van der Waals surface area contributed by atoms with Gasteiger partial charge in [0.25, 0.3) is 0 Å². The van der Waals surface area contributed by atoms with E-state index in [9.17, 15) is 14.4 Å². The SMILES string of the molecule is CNc1cc(N2CCN(C(=O)CCC3CCCCC3)CC2)ccc1C(=N)C1CCC(=O)NC1=O. The highest BCUT2D eigenvalue weighted by molar-refractivity contribution is 6.17. The van der Waals surface area contributed by atoms with Crippen LogP contribution in [0.15, 0.2) is 18.2 Å². The molecule has 0 radical (unpaired) electrons. The van der Waals surface area contributed by atoms with E-state index < -0.39 is 11.8 Å². The number of hydrogen-bond donors (Lipinski definition) is 3. The van der Waals surface area contributed by atoms with E-state index >= 15 is 0 Å². The van der Waals surface area contributed by atoms with Gasteiger partial charge >= 0.3 is 0 Å². The Kier molecular flexibility index (Phi) is 7.85. The maximum atomic E-state index is 12.7. The summed E-state index contributed by atoms with van der Waals surface area (Å²) in [6.07, 6.45) is 8.88. The Hall–Kier alpha value is -2.90. The summed E-state index contributed by atoms with van der Waals surface area (Å²) in [5.74, 6) is -0.258. The molecule has 1 aromatic carbocycles. The Morgan fingerprint density at radius 2 is 1.82 bits per heavy atom. The Morgan fingerprint density at radius 3 is 2.50 bits per heavy atom. The van der Waals surface area contributed by atoms with Crippen LogP contribution in [0.1, 0.15) is 63.4 Å². The molecule has 0 aromatic heterocycles. The van der Waals surface area contributed by atoms with Gasteiger partial charge in [0, 0.05) is 63.0 Å². The molecule has 3 N–H and O–H groups in total. The number of carbonyl (C=O) groups is 3. The zero-order chi connectivity index (χ0) is 24.1. The van der Waals surface area contributed by atoms with Gasteiger partial charge in [-0.3, -0.25) is 19.7 Å². The van der Waals surface area contributed by atoms with E-state index in [0.717, 1.165) is 49.9 Å². The first-order chi connectivity index (χ1) is 16.5. The van der Waals surface area contributed by atoms with Gasteiger partial charge in [0.15, 0.2) is 0 Å². The summed E-state index contributed by atoms with van der Waals surface area (Å²) in [6.45, 7) is 3.02. The van der Waals surface area contributed by atoms with Gasteiger partial charge in [0.2, 0.25) is 17.7 Å². The van der Waals surface area contributed by atoms with Gasteiger partial charge in [-0.1, -0.05) is 32.1 Å². The van der Waals surface area contributed by atoms with Crippen LogP contribution in [0.3, 0.4) is 0 Å². The number of rotatable bonds is 7. The molecule has 2 heterocycles. The molecule has 1 saturated carbocycles. The number of nitrogens with zero attached hydrogens (tertiary/aromatic N) is 2. The fourth-order valence-electron chi connectivity index (χ4n) is 5.50. The molecule has 3 aliphatic rings. The second-order valence-electron chi connectivity index (χ2n) is 9.81. The lowest BCUT2D eigenvalue weighted by molar-refractivity contribution is -0.135. The molecule has 1 atom stereocenters. The summed E-state index contributed by atoms with van der Waals surface area (Å²) in [7, 11) is 1.81. The van der Waals surface area contributed by atoms with Gasteiger partial charge in [-0.2, -0.15) is 0 Å². The molecule has 0 bridgehead atoms. The Morgan fingerprint density at radius 1 is 1.09 bits per heavy atom. The average molecular weight is 468 g/mol. The minimum absolute atomic E-state index is 0.231. The van der Waals surface area contributed by atoms with Crippen LogP contribution < -0.4 is 15.5 Å². The van der Waals surface area contributed by atoms with Crippen LogP contribution in [0.2, 0.25) is 0 Å². The Labute approximate surface area is 202 Å². The average Bonchev–Trinajstić information content (AvgIpc) is 2.87. The highest BCUT2D eigenvalue weighted by Crippen LogP contribution is 2.30. The largest absolute Gasteiger partial charge is 0.388 e. The second kappa shape index (κ2) is 11.0. The van der Waals surface area contributed by atoms with Gasteiger partial charge in [-0.15, -0.1) is 0 Å². The number of amides is 3. The Bertz CT molecular complexity index is 932. The van der Waals surface area contributed by atoms with Crippen molar-refractivity contribution in [2.45, 2.75) is 57.8 Å². The van der Waals surface area contributed by atoms with Crippen molar-refractivity contribution in [3.05, 3.63) is 23.8 Å². The molecule has 2 aliphatic heterocycles. The molecular weight excluding hydrogens is 430 g/mol. The number of benzene rings is 1. The maximum Gasteiger partial charge on any atom is 0.235 e. The summed E-state index contributed by atoms with van der Waals surface area (Å²) in [5.41, 5.74) is 2.74. The number of piperidine rings is 1. The number of anilines is 2. The van der Waals surface area contributed by atoms with Crippen molar-refractivity contribution in [1.29, 1.82) is 5.41 Å². The van der Waals surface area contributed by atoms with Crippen LogP contribution in [0.25, 0.3) is 0 Å². The highest BCUT2D eigenvalue weighted by atomic mass is 16.2. The van der Waals surface area contributed by atoms with E-state index in [-0.39, 0.29) is 23.9 Å². The summed E-state index contributed by atoms with van der Waals surface area (Å²) >= 11 is 0. The third kappa shape index (κ3) is 5.59. The van der Waals surface area contributed by atoms with Crippen molar-refractivity contribution < 1.29 is 14.4 Å². The molecule has 8 nitrogen and oxygen atoms in total. The van der Waals surface area contributed by atoms with Gasteiger partial charge in [0.05, 0.1) is 11.6 Å². The lowest BCUT2D eigenvalue weighted by atomic mass is 9.86. The highest BCUT2D eigenvalue weighted by Gasteiger charge is 2.32. The third-order valence-electron chi connectivity index (χ3n) is 7.64. The maximum absolute atomic E-state index is 12.7.